The molecule has 2 atom stereocenters. The summed E-state index contributed by atoms with van der Waals surface area (Å²) in [6.07, 6.45) is 2.14. The van der Waals surface area contributed by atoms with Crippen LogP contribution in [-0.2, 0) is 21.6 Å². The summed E-state index contributed by atoms with van der Waals surface area (Å²) in [5.74, 6) is -1.78. The van der Waals surface area contributed by atoms with Crippen molar-refractivity contribution in [3.63, 3.8) is 0 Å². The predicted molar refractivity (Wildman–Crippen MR) is 151 cm³/mol. The number of aliphatic hydroxyl groups is 1. The molecule has 11 heteroatoms. The number of thioether (sulfide) groups is 1. The first-order valence-electron chi connectivity index (χ1n) is 13.1. The summed E-state index contributed by atoms with van der Waals surface area (Å²) < 4.78 is 41.8. The number of amides is 1. The third-order valence-corrected chi connectivity index (χ3v) is 8.41. The van der Waals surface area contributed by atoms with E-state index in [1.165, 1.54) is 35.2 Å². The van der Waals surface area contributed by atoms with Crippen LogP contribution in [0.4, 0.5) is 14.5 Å². The fourth-order valence-corrected chi connectivity index (χ4v) is 5.94. The molecule has 1 fully saturated rings. The maximum Gasteiger partial charge on any atom is 0.255 e. The molecule has 4 aromatic rings. The Morgan fingerprint density at radius 1 is 1.12 bits per heavy atom. The number of nitrogens with one attached hydrogen (secondary N) is 1. The van der Waals surface area contributed by atoms with Crippen LogP contribution in [0.3, 0.4) is 0 Å². The van der Waals surface area contributed by atoms with E-state index in [4.69, 9.17) is 9.47 Å². The number of anilines is 1. The molecule has 0 spiro atoms. The van der Waals surface area contributed by atoms with Crippen LogP contribution in [-0.4, -0.2) is 49.5 Å². The Hall–Kier alpha value is -3.64. The van der Waals surface area contributed by atoms with Gasteiger partial charge in [-0.3, -0.25) is 4.79 Å². The van der Waals surface area contributed by atoms with Gasteiger partial charge < -0.3 is 19.9 Å². The van der Waals surface area contributed by atoms with Crippen LogP contribution in [0.2, 0.25) is 0 Å². The van der Waals surface area contributed by atoms with Crippen molar-refractivity contribution in [2.24, 2.45) is 0 Å². The van der Waals surface area contributed by atoms with Crippen LogP contribution in [0.1, 0.15) is 40.3 Å². The van der Waals surface area contributed by atoms with Crippen LogP contribution in [0, 0.1) is 18.6 Å². The maximum absolute atomic E-state index is 14.8. The van der Waals surface area contributed by atoms with E-state index in [1.807, 2.05) is 31.2 Å². The summed E-state index contributed by atoms with van der Waals surface area (Å²) >= 11 is 1.39. The topological polar surface area (TPSA) is 98.5 Å². The molecule has 41 heavy (non-hydrogen) atoms. The largest absolute Gasteiger partial charge is 0.382 e. The number of rotatable bonds is 9. The van der Waals surface area contributed by atoms with Crippen molar-refractivity contribution in [1.29, 1.82) is 0 Å². The molecule has 0 saturated carbocycles. The summed E-state index contributed by atoms with van der Waals surface area (Å²) in [7, 11) is 0. The van der Waals surface area contributed by atoms with E-state index in [2.05, 4.69) is 15.4 Å². The first-order chi connectivity index (χ1) is 19.7. The molecule has 1 amide bonds. The monoisotopic (exact) mass is 580 g/mol. The van der Waals surface area contributed by atoms with Gasteiger partial charge in [0.25, 0.3) is 5.91 Å². The first-order valence-corrected chi connectivity index (χ1v) is 14.0. The van der Waals surface area contributed by atoms with E-state index >= 15 is 0 Å². The average molecular weight is 581 g/mol. The van der Waals surface area contributed by atoms with Gasteiger partial charge in [-0.15, -0.1) is 11.8 Å². The molecule has 1 aliphatic rings. The lowest BCUT2D eigenvalue weighted by atomic mass is 9.90. The molecule has 3 aromatic carbocycles. The van der Waals surface area contributed by atoms with E-state index in [0.29, 0.717) is 18.8 Å². The standard InChI is InChI=1S/C30H30F2N4O4S/c1-19-3-10-24(11-4-19)35-28(37)21-5-7-22(8-6-21)29-39-14-25(15-40-29)41-20(2)30(38,16-36-18-33-17-34-36)26-12-9-23(31)13-27(26)32/h3-13,17-18,20,25,29,38H,14-16H2,1-2H3,(H,35,37)/t20-,25-,29-,30-/m1/s1. The Bertz CT molecular complexity index is 1460. The van der Waals surface area contributed by atoms with Gasteiger partial charge in [0, 0.05) is 33.7 Å². The number of aromatic nitrogens is 3. The summed E-state index contributed by atoms with van der Waals surface area (Å²) in [6.45, 7) is 4.32. The van der Waals surface area contributed by atoms with Crippen LogP contribution in [0.15, 0.2) is 79.4 Å². The van der Waals surface area contributed by atoms with Crippen LogP contribution < -0.4 is 5.32 Å². The lowest BCUT2D eigenvalue weighted by Gasteiger charge is -2.37. The maximum atomic E-state index is 14.8. The number of halogens is 2. The molecule has 5 rings (SSSR count). The smallest absolute Gasteiger partial charge is 0.255 e. The van der Waals surface area contributed by atoms with E-state index in [9.17, 15) is 18.7 Å². The lowest BCUT2D eigenvalue weighted by Crippen LogP contribution is -2.43. The molecule has 1 saturated heterocycles. The second kappa shape index (κ2) is 12.5. The van der Waals surface area contributed by atoms with Gasteiger partial charge >= 0.3 is 0 Å². The van der Waals surface area contributed by atoms with Gasteiger partial charge in [0.2, 0.25) is 0 Å². The number of benzene rings is 3. The van der Waals surface area contributed by atoms with Gasteiger partial charge in [-0.25, -0.2) is 18.4 Å². The Morgan fingerprint density at radius 2 is 1.83 bits per heavy atom. The second-order valence-electron chi connectivity index (χ2n) is 9.98. The number of aryl methyl sites for hydroxylation is 1. The van der Waals surface area contributed by atoms with E-state index in [0.717, 1.165) is 28.9 Å². The zero-order valence-corrected chi connectivity index (χ0v) is 23.4. The van der Waals surface area contributed by atoms with Crippen molar-refractivity contribution in [3.05, 3.63) is 113 Å². The Kier molecular flexibility index (Phi) is 8.79. The second-order valence-corrected chi connectivity index (χ2v) is 11.6. The fourth-order valence-electron chi connectivity index (χ4n) is 4.62. The minimum Gasteiger partial charge on any atom is -0.382 e. The third-order valence-electron chi connectivity index (χ3n) is 6.96. The van der Waals surface area contributed by atoms with Crippen molar-refractivity contribution < 1.29 is 28.2 Å². The minimum atomic E-state index is -1.72. The zero-order chi connectivity index (χ0) is 29.0. The molecule has 1 aromatic heterocycles. The quantitative estimate of drug-likeness (QED) is 0.279. The van der Waals surface area contributed by atoms with Crippen molar-refractivity contribution >= 4 is 23.4 Å². The highest BCUT2D eigenvalue weighted by molar-refractivity contribution is 8.00. The molecule has 2 heterocycles. The van der Waals surface area contributed by atoms with E-state index in [-0.39, 0.29) is 23.3 Å². The van der Waals surface area contributed by atoms with E-state index < -0.39 is 28.8 Å². The zero-order valence-electron chi connectivity index (χ0n) is 22.5. The number of hydrogen-bond donors (Lipinski definition) is 2. The van der Waals surface area contributed by atoms with Gasteiger partial charge in [-0.2, -0.15) is 5.10 Å². The Labute approximate surface area is 240 Å². The summed E-state index contributed by atoms with van der Waals surface area (Å²) in [4.78, 5) is 16.5. The molecule has 8 nitrogen and oxygen atoms in total. The molecule has 0 bridgehead atoms. The summed E-state index contributed by atoms with van der Waals surface area (Å²) in [5.41, 5.74) is 1.35. The van der Waals surface area contributed by atoms with Crippen molar-refractivity contribution in [2.45, 2.75) is 42.8 Å². The molecule has 0 unspecified atom stereocenters. The minimum absolute atomic E-state index is 0.0311. The first kappa shape index (κ1) is 28.9. The molecular formula is C30H30F2N4O4S. The van der Waals surface area contributed by atoms with Gasteiger partial charge in [0.1, 0.15) is 29.9 Å². The van der Waals surface area contributed by atoms with Gasteiger partial charge in [0.05, 0.1) is 25.0 Å². The number of hydrogen-bond acceptors (Lipinski definition) is 7. The SMILES string of the molecule is Cc1ccc(NC(=O)c2ccc([C@H]3OC[C@H](S[C@H](C)[C@](O)(Cn4cncn4)c4ccc(F)cc4F)CO3)cc2)cc1. The summed E-state index contributed by atoms with van der Waals surface area (Å²) in [5, 5.41) is 18.0. The summed E-state index contributed by atoms with van der Waals surface area (Å²) in [6, 6.07) is 17.7. The molecule has 214 valence electrons. The van der Waals surface area contributed by atoms with Crippen molar-refractivity contribution in [1.82, 2.24) is 14.8 Å². The predicted octanol–water partition coefficient (Wildman–Crippen LogP) is 5.24. The number of carbonyl (C=O) groups is 1. The number of nitrogens with zero attached hydrogens (tertiary/aromatic N) is 3. The van der Waals surface area contributed by atoms with Crippen LogP contribution >= 0.6 is 11.8 Å². The van der Waals surface area contributed by atoms with E-state index in [1.54, 1.807) is 31.2 Å². The highest BCUT2D eigenvalue weighted by Gasteiger charge is 2.41. The van der Waals surface area contributed by atoms with Crippen LogP contribution in [0.5, 0.6) is 0 Å². The van der Waals surface area contributed by atoms with Gasteiger partial charge in [-0.05, 0) is 37.3 Å². The molecular weight excluding hydrogens is 550 g/mol. The normalized spacial score (nSPS) is 19.3. The lowest BCUT2D eigenvalue weighted by molar-refractivity contribution is -0.180. The highest BCUT2D eigenvalue weighted by Crippen LogP contribution is 2.39. The molecule has 0 radical (unpaired) electrons. The van der Waals surface area contributed by atoms with Crippen molar-refractivity contribution in [3.8, 4) is 0 Å². The Morgan fingerprint density at radius 3 is 2.46 bits per heavy atom. The Balaban J connectivity index is 1.20. The number of carbonyl (C=O) groups excluding carboxylic acids is 1. The van der Waals surface area contributed by atoms with Gasteiger partial charge in [-0.1, -0.05) is 42.8 Å². The van der Waals surface area contributed by atoms with Crippen molar-refractivity contribution in [2.75, 3.05) is 18.5 Å². The molecule has 1 aliphatic heterocycles. The highest BCUT2D eigenvalue weighted by atomic mass is 32.2. The van der Waals surface area contributed by atoms with Gasteiger partial charge in [0.15, 0.2) is 6.29 Å². The number of ether oxygens (including phenoxy) is 2. The van der Waals surface area contributed by atoms with Crippen LogP contribution in [0.25, 0.3) is 0 Å². The average Bonchev–Trinajstić information content (AvgIpc) is 3.47. The third kappa shape index (κ3) is 6.82. The molecule has 0 aliphatic carbocycles. The fraction of sp³-hybridized carbons (Fsp3) is 0.300. The molecule has 2 N–H and O–H groups in total.